The number of hydrogen-bond donors (Lipinski definition) is 0. The van der Waals surface area contributed by atoms with Crippen molar-refractivity contribution >= 4 is 12.2 Å². The summed E-state index contributed by atoms with van der Waals surface area (Å²) in [7, 11) is 0. The molecule has 0 aliphatic carbocycles. The first-order valence-corrected chi connectivity index (χ1v) is 7.89. The fourth-order valence-corrected chi connectivity index (χ4v) is 2.51. The lowest BCUT2D eigenvalue weighted by Gasteiger charge is -2.17. The predicted octanol–water partition coefficient (Wildman–Crippen LogP) is 5.59. The summed E-state index contributed by atoms with van der Waals surface area (Å²) in [6, 6.07) is 7.37. The number of carbonyl (C=O) groups excluding carboxylic acids is 1. The first-order valence-electron chi connectivity index (χ1n) is 7.89. The van der Waals surface area contributed by atoms with E-state index in [1.807, 2.05) is 18.2 Å². The van der Waals surface area contributed by atoms with Gasteiger partial charge in [-0.15, -0.1) is 0 Å². The van der Waals surface area contributed by atoms with Crippen LogP contribution in [0.5, 0.6) is 0 Å². The van der Waals surface area contributed by atoms with Crippen LogP contribution in [0.2, 0.25) is 0 Å². The highest BCUT2D eigenvalue weighted by atomic mass is 16.5. The number of ether oxygens (including phenoxy) is 1. The maximum atomic E-state index is 10.7. The third-order valence-electron chi connectivity index (χ3n) is 3.69. The first-order chi connectivity index (χ1) is 10.3. The summed E-state index contributed by atoms with van der Waals surface area (Å²) in [6.45, 7) is 9.91. The Morgan fingerprint density at radius 2 is 1.81 bits per heavy atom. The van der Waals surface area contributed by atoms with E-state index < -0.39 is 0 Å². The molecule has 0 saturated carbocycles. The van der Waals surface area contributed by atoms with Gasteiger partial charge >= 0.3 is 0 Å². The first kappa shape index (κ1) is 17.2. The van der Waals surface area contributed by atoms with E-state index in [4.69, 9.17) is 11.3 Å². The van der Waals surface area contributed by atoms with Gasteiger partial charge in [-0.3, -0.25) is 4.79 Å². The Hall–Kier alpha value is -1.82. The van der Waals surface area contributed by atoms with Gasteiger partial charge in [-0.1, -0.05) is 69.7 Å². The fraction of sp³-hybridized carbons (Fsp3) is 0.556. The summed E-state index contributed by atoms with van der Waals surface area (Å²) in [5.41, 5.74) is 1.40. The van der Waals surface area contributed by atoms with Crippen molar-refractivity contribution in [2.45, 2.75) is 64.4 Å². The van der Waals surface area contributed by atoms with Crippen LogP contribution >= 0.6 is 0 Å². The Morgan fingerprint density at radius 1 is 1.14 bits per heavy atom. The number of para-hydroxylation sites is 1. The van der Waals surface area contributed by atoms with Crippen molar-refractivity contribution in [2.24, 2.45) is 0 Å². The highest BCUT2D eigenvalue weighted by molar-refractivity contribution is 5.54. The molecular weight excluding hydrogens is 262 g/mol. The standard InChI is InChI=1S/C18H25NO2/c1-3-4-5-6-7-8-9-14-18(21-15-20)16-12-10-11-13-17(16)19-2/h10-13,15,18H,3-9,14H2,1H3. The van der Waals surface area contributed by atoms with Crippen LogP contribution in [0.1, 0.15) is 70.0 Å². The fourth-order valence-electron chi connectivity index (χ4n) is 2.51. The molecule has 0 aliphatic heterocycles. The Morgan fingerprint density at radius 3 is 2.48 bits per heavy atom. The molecule has 0 heterocycles. The molecule has 3 heteroatoms. The maximum Gasteiger partial charge on any atom is 0.293 e. The molecule has 0 bridgehead atoms. The minimum Gasteiger partial charge on any atom is -0.461 e. The van der Waals surface area contributed by atoms with E-state index in [-0.39, 0.29) is 6.10 Å². The summed E-state index contributed by atoms with van der Waals surface area (Å²) in [5.74, 6) is 0. The zero-order chi connectivity index (χ0) is 15.3. The van der Waals surface area contributed by atoms with E-state index in [0.29, 0.717) is 12.2 Å². The third kappa shape index (κ3) is 6.44. The van der Waals surface area contributed by atoms with Crippen molar-refractivity contribution in [3.05, 3.63) is 41.2 Å². The molecule has 0 saturated heterocycles. The average Bonchev–Trinajstić information content (AvgIpc) is 2.53. The van der Waals surface area contributed by atoms with Crippen molar-refractivity contribution in [3.63, 3.8) is 0 Å². The molecule has 0 aliphatic rings. The van der Waals surface area contributed by atoms with Crippen molar-refractivity contribution < 1.29 is 9.53 Å². The zero-order valence-corrected chi connectivity index (χ0v) is 12.9. The smallest absolute Gasteiger partial charge is 0.293 e. The van der Waals surface area contributed by atoms with E-state index >= 15 is 0 Å². The van der Waals surface area contributed by atoms with Crippen molar-refractivity contribution in [1.82, 2.24) is 0 Å². The quantitative estimate of drug-likeness (QED) is 0.301. The summed E-state index contributed by atoms with van der Waals surface area (Å²) in [6.07, 6.45) is 9.09. The zero-order valence-electron chi connectivity index (χ0n) is 12.9. The predicted molar refractivity (Wildman–Crippen MR) is 85.2 cm³/mol. The number of benzene rings is 1. The van der Waals surface area contributed by atoms with E-state index in [9.17, 15) is 4.79 Å². The molecule has 21 heavy (non-hydrogen) atoms. The molecule has 114 valence electrons. The van der Waals surface area contributed by atoms with Crippen LogP contribution < -0.4 is 0 Å². The van der Waals surface area contributed by atoms with Crippen molar-refractivity contribution in [1.29, 1.82) is 0 Å². The molecule has 1 rings (SSSR count). The highest BCUT2D eigenvalue weighted by Crippen LogP contribution is 2.31. The highest BCUT2D eigenvalue weighted by Gasteiger charge is 2.15. The third-order valence-corrected chi connectivity index (χ3v) is 3.69. The number of carbonyl (C=O) groups is 1. The van der Waals surface area contributed by atoms with Crippen LogP contribution in [0.4, 0.5) is 5.69 Å². The van der Waals surface area contributed by atoms with Gasteiger partial charge in [0.2, 0.25) is 0 Å². The monoisotopic (exact) mass is 287 g/mol. The second kappa shape index (κ2) is 10.9. The SMILES string of the molecule is [C-]#[N+]c1ccccc1C(CCCCCCCCC)OC=O. The lowest BCUT2D eigenvalue weighted by molar-refractivity contribution is -0.134. The second-order valence-electron chi connectivity index (χ2n) is 5.30. The molecule has 1 atom stereocenters. The molecular formula is C18H25NO2. The van der Waals surface area contributed by atoms with Gasteiger partial charge in [0, 0.05) is 0 Å². The summed E-state index contributed by atoms with van der Waals surface area (Å²) >= 11 is 0. The molecule has 1 unspecified atom stereocenters. The van der Waals surface area contributed by atoms with Gasteiger partial charge in [0.1, 0.15) is 6.10 Å². The summed E-state index contributed by atoms with van der Waals surface area (Å²) in [5, 5.41) is 0. The van der Waals surface area contributed by atoms with Gasteiger partial charge in [0.05, 0.1) is 6.57 Å². The Kier molecular flexibility index (Phi) is 8.95. The number of rotatable bonds is 11. The summed E-state index contributed by atoms with van der Waals surface area (Å²) in [4.78, 5) is 14.2. The van der Waals surface area contributed by atoms with Gasteiger partial charge < -0.3 is 4.74 Å². The van der Waals surface area contributed by atoms with E-state index in [2.05, 4.69) is 11.8 Å². The van der Waals surface area contributed by atoms with Crippen LogP contribution in [-0.2, 0) is 9.53 Å². The van der Waals surface area contributed by atoms with Gasteiger partial charge in [-0.25, -0.2) is 4.85 Å². The number of nitrogens with zero attached hydrogens (tertiary/aromatic N) is 1. The molecule has 0 N–H and O–H groups in total. The van der Waals surface area contributed by atoms with E-state index in [0.717, 1.165) is 24.8 Å². The molecule has 0 spiro atoms. The molecule has 0 radical (unpaired) electrons. The van der Waals surface area contributed by atoms with Crippen LogP contribution in [0.25, 0.3) is 4.85 Å². The summed E-state index contributed by atoms with van der Waals surface area (Å²) < 4.78 is 5.19. The van der Waals surface area contributed by atoms with E-state index in [1.165, 1.54) is 32.1 Å². The molecule has 1 aromatic rings. The lowest BCUT2D eigenvalue weighted by atomic mass is 10.0. The minimum atomic E-state index is -0.288. The average molecular weight is 287 g/mol. The van der Waals surface area contributed by atoms with Gasteiger partial charge in [-0.05, 0) is 18.4 Å². The van der Waals surface area contributed by atoms with Crippen LogP contribution in [-0.4, -0.2) is 6.47 Å². The largest absolute Gasteiger partial charge is 0.461 e. The molecule has 1 aromatic carbocycles. The minimum absolute atomic E-state index is 0.288. The van der Waals surface area contributed by atoms with Gasteiger partial charge in [-0.2, -0.15) is 0 Å². The number of hydrogen-bond acceptors (Lipinski definition) is 2. The van der Waals surface area contributed by atoms with Crippen LogP contribution in [0, 0.1) is 6.57 Å². The molecule has 3 nitrogen and oxygen atoms in total. The normalized spacial score (nSPS) is 11.6. The molecule has 0 aromatic heterocycles. The second-order valence-corrected chi connectivity index (χ2v) is 5.30. The molecule has 0 amide bonds. The Balaban J connectivity index is 2.43. The van der Waals surface area contributed by atoms with E-state index in [1.54, 1.807) is 6.07 Å². The molecule has 0 fully saturated rings. The van der Waals surface area contributed by atoms with Gasteiger partial charge in [0.15, 0.2) is 5.69 Å². The van der Waals surface area contributed by atoms with Crippen LogP contribution in [0.15, 0.2) is 24.3 Å². The lowest BCUT2D eigenvalue weighted by Crippen LogP contribution is -2.03. The number of unbranched alkanes of at least 4 members (excludes halogenated alkanes) is 6. The van der Waals surface area contributed by atoms with Gasteiger partial charge in [0.25, 0.3) is 6.47 Å². The van der Waals surface area contributed by atoms with Crippen molar-refractivity contribution in [3.8, 4) is 0 Å². The Labute approximate surface area is 128 Å². The Bertz CT molecular complexity index is 451. The van der Waals surface area contributed by atoms with Crippen molar-refractivity contribution in [2.75, 3.05) is 0 Å². The maximum absolute atomic E-state index is 10.7. The topological polar surface area (TPSA) is 30.7 Å². The van der Waals surface area contributed by atoms with Crippen LogP contribution in [0.3, 0.4) is 0 Å².